The second-order valence-corrected chi connectivity index (χ2v) is 7.58. The summed E-state index contributed by atoms with van der Waals surface area (Å²) in [4.78, 5) is 4.53. The Hall–Kier alpha value is -3.60. The smallest absolute Gasteiger partial charge is 0.227 e. The first-order valence-corrected chi connectivity index (χ1v) is 9.67. The molecule has 0 saturated heterocycles. The van der Waals surface area contributed by atoms with Gasteiger partial charge in [0, 0.05) is 28.6 Å². The first-order valence-electron chi connectivity index (χ1n) is 9.67. The highest BCUT2D eigenvalue weighted by Crippen LogP contribution is 2.37. The SMILES string of the molecule is Cc1ccc2c(n1)oc1c(-c3cc(-c4ccc(F)c(F)c4)cc[n+]3C)c(C)ccc12. The standard InChI is InChI=1S/C25H19F2N2O/c1-14-4-7-18-19-8-5-15(2)28-25(19)30-24(18)23(14)22-13-17(10-11-29(22)3)16-6-9-20(26)21(27)12-16/h4-13H,1-3H3/q+1. The molecule has 3 heterocycles. The largest absolute Gasteiger partial charge is 0.437 e. The number of pyridine rings is 2. The Morgan fingerprint density at radius 1 is 0.833 bits per heavy atom. The van der Waals surface area contributed by atoms with Crippen molar-refractivity contribution >= 4 is 22.1 Å². The highest BCUT2D eigenvalue weighted by Gasteiger charge is 2.22. The lowest BCUT2D eigenvalue weighted by atomic mass is 9.98. The van der Waals surface area contributed by atoms with Crippen molar-refractivity contribution in [3.8, 4) is 22.4 Å². The molecule has 5 aromatic rings. The van der Waals surface area contributed by atoms with Crippen molar-refractivity contribution in [1.82, 2.24) is 4.98 Å². The number of aromatic nitrogens is 2. The topological polar surface area (TPSA) is 29.9 Å². The molecule has 148 valence electrons. The summed E-state index contributed by atoms with van der Waals surface area (Å²) in [7, 11) is 1.95. The third-order valence-electron chi connectivity index (χ3n) is 5.51. The highest BCUT2D eigenvalue weighted by atomic mass is 19.2. The van der Waals surface area contributed by atoms with Gasteiger partial charge in [-0.3, -0.25) is 0 Å². The van der Waals surface area contributed by atoms with Gasteiger partial charge in [0.05, 0.1) is 5.56 Å². The molecule has 0 aliphatic rings. The number of aryl methyl sites for hydroxylation is 3. The number of rotatable bonds is 2. The molecule has 0 amide bonds. The maximum Gasteiger partial charge on any atom is 0.227 e. The van der Waals surface area contributed by atoms with Gasteiger partial charge in [0.25, 0.3) is 0 Å². The summed E-state index contributed by atoms with van der Waals surface area (Å²) >= 11 is 0. The van der Waals surface area contributed by atoms with E-state index in [1.54, 1.807) is 6.07 Å². The fourth-order valence-electron chi connectivity index (χ4n) is 3.90. The van der Waals surface area contributed by atoms with Crippen LogP contribution in [0, 0.1) is 25.5 Å². The molecule has 3 nitrogen and oxygen atoms in total. The molecular weight excluding hydrogens is 382 g/mol. The van der Waals surface area contributed by atoms with Crippen LogP contribution in [0.25, 0.3) is 44.5 Å². The summed E-state index contributed by atoms with van der Waals surface area (Å²) in [5.41, 5.74) is 6.59. The molecule has 5 heteroatoms. The average molecular weight is 401 g/mol. The zero-order valence-electron chi connectivity index (χ0n) is 16.8. The van der Waals surface area contributed by atoms with Gasteiger partial charge in [0.2, 0.25) is 11.4 Å². The van der Waals surface area contributed by atoms with Crippen LogP contribution in [0.1, 0.15) is 11.3 Å². The van der Waals surface area contributed by atoms with E-state index in [1.807, 2.05) is 55.9 Å². The lowest BCUT2D eigenvalue weighted by Crippen LogP contribution is -2.30. The van der Waals surface area contributed by atoms with Gasteiger partial charge in [-0.05, 0) is 54.8 Å². The number of benzene rings is 2. The van der Waals surface area contributed by atoms with Crippen molar-refractivity contribution in [2.75, 3.05) is 0 Å². The quantitative estimate of drug-likeness (QED) is 0.338. The number of halogens is 2. The second-order valence-electron chi connectivity index (χ2n) is 7.58. The molecule has 0 saturated carbocycles. The summed E-state index contributed by atoms with van der Waals surface area (Å²) in [6.45, 7) is 3.97. The minimum atomic E-state index is -0.862. The predicted molar refractivity (Wildman–Crippen MR) is 113 cm³/mol. The summed E-state index contributed by atoms with van der Waals surface area (Å²) in [6.07, 6.45) is 1.91. The molecule has 30 heavy (non-hydrogen) atoms. The van der Waals surface area contributed by atoms with Crippen molar-refractivity contribution in [1.29, 1.82) is 0 Å². The normalized spacial score (nSPS) is 11.5. The molecule has 0 aliphatic carbocycles. The van der Waals surface area contributed by atoms with Crippen LogP contribution in [0.4, 0.5) is 8.78 Å². The fraction of sp³-hybridized carbons (Fsp3) is 0.120. The molecule has 0 unspecified atom stereocenters. The van der Waals surface area contributed by atoms with E-state index >= 15 is 0 Å². The van der Waals surface area contributed by atoms with Crippen molar-refractivity contribution in [2.45, 2.75) is 13.8 Å². The molecular formula is C25H19F2N2O+. The third kappa shape index (κ3) is 2.86. The number of fused-ring (bicyclic) bond motifs is 3. The lowest BCUT2D eigenvalue weighted by Gasteiger charge is -2.08. The first-order chi connectivity index (χ1) is 14.4. The minimum absolute atomic E-state index is 0.608. The zero-order valence-corrected chi connectivity index (χ0v) is 16.8. The molecule has 2 aromatic carbocycles. The minimum Gasteiger partial charge on any atom is -0.437 e. The van der Waals surface area contributed by atoms with Crippen LogP contribution in [-0.2, 0) is 7.05 Å². The Balaban J connectivity index is 1.78. The molecule has 0 atom stereocenters. The van der Waals surface area contributed by atoms with Crippen LogP contribution in [-0.4, -0.2) is 4.98 Å². The fourth-order valence-corrected chi connectivity index (χ4v) is 3.90. The number of hydrogen-bond donors (Lipinski definition) is 0. The Labute approximate surface area is 172 Å². The Morgan fingerprint density at radius 3 is 2.40 bits per heavy atom. The Morgan fingerprint density at radius 2 is 1.60 bits per heavy atom. The summed E-state index contributed by atoms with van der Waals surface area (Å²) in [5, 5.41) is 1.97. The van der Waals surface area contributed by atoms with Crippen LogP contribution in [0.2, 0.25) is 0 Å². The van der Waals surface area contributed by atoms with Gasteiger partial charge in [-0.1, -0.05) is 18.2 Å². The van der Waals surface area contributed by atoms with E-state index in [9.17, 15) is 8.78 Å². The zero-order chi connectivity index (χ0) is 21.0. The maximum atomic E-state index is 13.8. The van der Waals surface area contributed by atoms with Crippen LogP contribution < -0.4 is 4.57 Å². The van der Waals surface area contributed by atoms with Gasteiger partial charge in [0.15, 0.2) is 23.4 Å². The van der Waals surface area contributed by atoms with E-state index in [4.69, 9.17) is 4.42 Å². The maximum absolute atomic E-state index is 13.8. The average Bonchev–Trinajstić information content (AvgIpc) is 3.08. The predicted octanol–water partition coefficient (Wildman–Crippen LogP) is 6.03. The molecule has 3 aromatic heterocycles. The van der Waals surface area contributed by atoms with Crippen molar-refractivity contribution in [3.05, 3.63) is 83.7 Å². The first kappa shape index (κ1) is 18.4. The summed E-state index contributed by atoms with van der Waals surface area (Å²) in [6, 6.07) is 15.9. The monoisotopic (exact) mass is 401 g/mol. The van der Waals surface area contributed by atoms with Gasteiger partial charge in [-0.2, -0.15) is 0 Å². The molecule has 0 radical (unpaired) electrons. The molecule has 0 fully saturated rings. The van der Waals surface area contributed by atoms with E-state index < -0.39 is 11.6 Å². The number of hydrogen-bond acceptors (Lipinski definition) is 2. The van der Waals surface area contributed by atoms with E-state index in [-0.39, 0.29) is 0 Å². The van der Waals surface area contributed by atoms with Gasteiger partial charge >= 0.3 is 0 Å². The van der Waals surface area contributed by atoms with E-state index in [0.29, 0.717) is 11.3 Å². The molecule has 0 bridgehead atoms. The van der Waals surface area contributed by atoms with Gasteiger partial charge in [-0.15, -0.1) is 0 Å². The molecule has 0 N–H and O–H groups in total. The van der Waals surface area contributed by atoms with Crippen LogP contribution >= 0.6 is 0 Å². The van der Waals surface area contributed by atoms with Gasteiger partial charge in [0.1, 0.15) is 7.05 Å². The van der Waals surface area contributed by atoms with E-state index in [2.05, 4.69) is 17.1 Å². The Kier molecular flexibility index (Phi) is 4.13. The summed E-state index contributed by atoms with van der Waals surface area (Å²) < 4.78 is 35.4. The van der Waals surface area contributed by atoms with E-state index in [1.165, 1.54) is 6.07 Å². The van der Waals surface area contributed by atoms with Crippen LogP contribution in [0.5, 0.6) is 0 Å². The second kappa shape index (κ2) is 6.73. The van der Waals surface area contributed by atoms with Gasteiger partial charge in [-0.25, -0.2) is 18.3 Å². The van der Waals surface area contributed by atoms with Gasteiger partial charge < -0.3 is 4.42 Å². The third-order valence-corrected chi connectivity index (χ3v) is 5.51. The lowest BCUT2D eigenvalue weighted by molar-refractivity contribution is -0.660. The van der Waals surface area contributed by atoms with Crippen LogP contribution in [0.3, 0.4) is 0 Å². The summed E-state index contributed by atoms with van der Waals surface area (Å²) in [5.74, 6) is -1.72. The van der Waals surface area contributed by atoms with Crippen molar-refractivity contribution < 1.29 is 17.8 Å². The van der Waals surface area contributed by atoms with E-state index in [0.717, 1.165) is 50.5 Å². The van der Waals surface area contributed by atoms with Crippen molar-refractivity contribution in [2.24, 2.45) is 7.05 Å². The van der Waals surface area contributed by atoms with Crippen LogP contribution in [0.15, 0.2) is 65.2 Å². The molecule has 0 spiro atoms. The molecule has 0 aliphatic heterocycles. The highest BCUT2D eigenvalue weighted by molar-refractivity contribution is 6.08. The Bertz CT molecular complexity index is 1450. The molecule has 5 rings (SSSR count). The number of nitrogens with zero attached hydrogens (tertiary/aromatic N) is 2. The van der Waals surface area contributed by atoms with Crippen molar-refractivity contribution in [3.63, 3.8) is 0 Å². The number of furan rings is 1.